The summed E-state index contributed by atoms with van der Waals surface area (Å²) in [5.74, 6) is 0.997. The molecule has 3 rings (SSSR count). The molecule has 1 saturated carbocycles. The lowest BCUT2D eigenvalue weighted by molar-refractivity contribution is 0.0554. The molecule has 3 heteroatoms. The first-order valence-corrected chi connectivity index (χ1v) is 8.48. The van der Waals surface area contributed by atoms with Gasteiger partial charge >= 0.3 is 0 Å². The minimum Gasteiger partial charge on any atom is -0.295 e. The molecule has 2 atom stereocenters. The summed E-state index contributed by atoms with van der Waals surface area (Å²) in [4.78, 5) is 4.26. The van der Waals surface area contributed by atoms with Crippen molar-refractivity contribution in [2.75, 3.05) is 6.54 Å². The normalized spacial score (nSPS) is 30.2. The Labute approximate surface area is 116 Å². The van der Waals surface area contributed by atoms with Gasteiger partial charge in [0.15, 0.2) is 0 Å². The average molecular weight is 314 g/mol. The molecule has 94 valence electrons. The second-order valence-electron chi connectivity index (χ2n) is 5.42. The standard InChI is InChI=1S/C14H20BrNS/c15-12-7-9-17-14(12)10-16-8-3-5-11-4-1-2-6-13(11)16/h7,9,11,13H,1-6,8,10H2. The lowest BCUT2D eigenvalue weighted by atomic mass is 9.78. The number of fused-ring (bicyclic) bond motifs is 1. The van der Waals surface area contributed by atoms with Crippen LogP contribution in [0.15, 0.2) is 15.9 Å². The van der Waals surface area contributed by atoms with Gasteiger partial charge in [-0.3, -0.25) is 4.90 Å². The molecule has 2 unspecified atom stereocenters. The van der Waals surface area contributed by atoms with Crippen molar-refractivity contribution in [1.82, 2.24) is 4.90 Å². The second-order valence-corrected chi connectivity index (χ2v) is 7.27. The van der Waals surface area contributed by atoms with Crippen LogP contribution >= 0.6 is 27.3 Å². The van der Waals surface area contributed by atoms with E-state index in [4.69, 9.17) is 0 Å². The maximum Gasteiger partial charge on any atom is 0.0342 e. The quantitative estimate of drug-likeness (QED) is 0.767. The molecule has 1 aromatic rings. The summed E-state index contributed by atoms with van der Waals surface area (Å²) >= 11 is 5.56. The molecular weight excluding hydrogens is 294 g/mol. The van der Waals surface area contributed by atoms with E-state index in [9.17, 15) is 0 Å². The van der Waals surface area contributed by atoms with Gasteiger partial charge in [0.2, 0.25) is 0 Å². The van der Waals surface area contributed by atoms with Gasteiger partial charge in [0, 0.05) is 21.9 Å². The van der Waals surface area contributed by atoms with Gasteiger partial charge in [-0.05, 0) is 65.5 Å². The summed E-state index contributed by atoms with van der Waals surface area (Å²) in [6.07, 6.45) is 8.72. The van der Waals surface area contributed by atoms with Crippen LogP contribution in [-0.2, 0) is 6.54 Å². The van der Waals surface area contributed by atoms with Crippen LogP contribution in [0.4, 0.5) is 0 Å². The number of rotatable bonds is 2. The smallest absolute Gasteiger partial charge is 0.0342 e. The first kappa shape index (κ1) is 12.2. The zero-order valence-electron chi connectivity index (χ0n) is 10.2. The van der Waals surface area contributed by atoms with Crippen LogP contribution < -0.4 is 0 Å². The van der Waals surface area contributed by atoms with Crippen LogP contribution in [0.1, 0.15) is 43.4 Å². The van der Waals surface area contributed by atoms with E-state index < -0.39 is 0 Å². The number of piperidine rings is 1. The van der Waals surface area contributed by atoms with Crippen molar-refractivity contribution in [3.8, 4) is 0 Å². The molecule has 1 aliphatic carbocycles. The molecule has 1 saturated heterocycles. The fourth-order valence-electron chi connectivity index (χ4n) is 3.55. The zero-order chi connectivity index (χ0) is 11.7. The van der Waals surface area contributed by atoms with Gasteiger partial charge in [0.05, 0.1) is 0 Å². The Morgan fingerprint density at radius 3 is 2.88 bits per heavy atom. The summed E-state index contributed by atoms with van der Waals surface area (Å²) < 4.78 is 1.31. The van der Waals surface area contributed by atoms with E-state index in [1.165, 1.54) is 61.0 Å². The lowest BCUT2D eigenvalue weighted by Gasteiger charge is -2.44. The van der Waals surface area contributed by atoms with Gasteiger partial charge in [-0.25, -0.2) is 0 Å². The molecule has 0 amide bonds. The average Bonchev–Trinajstić information content (AvgIpc) is 2.76. The van der Waals surface area contributed by atoms with E-state index in [1.54, 1.807) is 0 Å². The van der Waals surface area contributed by atoms with Crippen LogP contribution in [0.5, 0.6) is 0 Å². The maximum atomic E-state index is 3.66. The molecule has 1 nitrogen and oxygen atoms in total. The highest BCUT2D eigenvalue weighted by Gasteiger charge is 2.33. The summed E-state index contributed by atoms with van der Waals surface area (Å²) in [7, 11) is 0. The molecular formula is C14H20BrNS. The van der Waals surface area contributed by atoms with Crippen LogP contribution in [0.3, 0.4) is 0 Å². The monoisotopic (exact) mass is 313 g/mol. The second kappa shape index (κ2) is 5.41. The first-order valence-electron chi connectivity index (χ1n) is 6.80. The molecule has 0 bridgehead atoms. The highest BCUT2D eigenvalue weighted by atomic mass is 79.9. The number of hydrogen-bond acceptors (Lipinski definition) is 2. The maximum absolute atomic E-state index is 3.66. The Morgan fingerprint density at radius 1 is 1.24 bits per heavy atom. The fourth-order valence-corrected chi connectivity index (χ4v) is 5.05. The third kappa shape index (κ3) is 2.61. The topological polar surface area (TPSA) is 3.24 Å². The largest absolute Gasteiger partial charge is 0.295 e. The van der Waals surface area contributed by atoms with Crippen molar-refractivity contribution in [3.05, 3.63) is 20.8 Å². The molecule has 2 fully saturated rings. The van der Waals surface area contributed by atoms with Crippen molar-refractivity contribution < 1.29 is 0 Å². The van der Waals surface area contributed by atoms with Crippen molar-refractivity contribution in [2.45, 2.75) is 51.1 Å². The van der Waals surface area contributed by atoms with E-state index in [1.807, 2.05) is 11.3 Å². The van der Waals surface area contributed by atoms with Crippen LogP contribution in [0, 0.1) is 5.92 Å². The van der Waals surface area contributed by atoms with Crippen molar-refractivity contribution >= 4 is 27.3 Å². The van der Waals surface area contributed by atoms with E-state index >= 15 is 0 Å². The number of likely N-dealkylation sites (tertiary alicyclic amines) is 1. The lowest BCUT2D eigenvalue weighted by Crippen LogP contribution is -2.46. The van der Waals surface area contributed by atoms with Gasteiger partial charge in [-0.2, -0.15) is 0 Å². The molecule has 2 aliphatic rings. The minimum absolute atomic E-state index is 0.881. The Morgan fingerprint density at radius 2 is 2.06 bits per heavy atom. The molecule has 0 N–H and O–H groups in total. The van der Waals surface area contributed by atoms with E-state index in [2.05, 4.69) is 32.3 Å². The highest BCUT2D eigenvalue weighted by Crippen LogP contribution is 2.37. The molecule has 17 heavy (non-hydrogen) atoms. The van der Waals surface area contributed by atoms with Crippen molar-refractivity contribution in [3.63, 3.8) is 0 Å². The first-order chi connectivity index (χ1) is 8.34. The Hall–Kier alpha value is 0.140. The predicted octanol–water partition coefficient (Wildman–Crippen LogP) is 4.67. The summed E-state index contributed by atoms with van der Waals surface area (Å²) in [5.41, 5.74) is 0. The summed E-state index contributed by atoms with van der Waals surface area (Å²) in [6.45, 7) is 2.48. The Kier molecular flexibility index (Phi) is 3.88. The minimum atomic E-state index is 0.881. The Balaban J connectivity index is 1.71. The van der Waals surface area contributed by atoms with Gasteiger partial charge < -0.3 is 0 Å². The molecule has 0 spiro atoms. The van der Waals surface area contributed by atoms with Crippen molar-refractivity contribution in [2.24, 2.45) is 5.92 Å². The number of hydrogen-bond donors (Lipinski definition) is 0. The third-order valence-corrected chi connectivity index (χ3v) is 6.31. The van der Waals surface area contributed by atoms with Crippen molar-refractivity contribution in [1.29, 1.82) is 0 Å². The highest BCUT2D eigenvalue weighted by molar-refractivity contribution is 9.10. The zero-order valence-corrected chi connectivity index (χ0v) is 12.6. The van der Waals surface area contributed by atoms with E-state index in [-0.39, 0.29) is 0 Å². The number of halogens is 1. The predicted molar refractivity (Wildman–Crippen MR) is 77.4 cm³/mol. The third-order valence-electron chi connectivity index (χ3n) is 4.40. The summed E-state index contributed by atoms with van der Waals surface area (Å²) in [5, 5.41) is 2.20. The molecule has 2 heterocycles. The van der Waals surface area contributed by atoms with Crippen LogP contribution in [0.2, 0.25) is 0 Å². The molecule has 0 radical (unpaired) electrons. The number of thiophene rings is 1. The fraction of sp³-hybridized carbons (Fsp3) is 0.714. The van der Waals surface area contributed by atoms with Gasteiger partial charge in [0.25, 0.3) is 0 Å². The van der Waals surface area contributed by atoms with Crippen LogP contribution in [-0.4, -0.2) is 17.5 Å². The van der Waals surface area contributed by atoms with Gasteiger partial charge in [-0.1, -0.05) is 12.8 Å². The molecule has 1 aliphatic heterocycles. The van der Waals surface area contributed by atoms with E-state index in [0.717, 1.165) is 12.0 Å². The molecule has 0 aromatic carbocycles. The SMILES string of the molecule is Brc1ccsc1CN1CCCC2CCCCC21. The number of nitrogens with zero attached hydrogens (tertiary/aromatic N) is 1. The van der Waals surface area contributed by atoms with Gasteiger partial charge in [-0.15, -0.1) is 11.3 Å². The Bertz CT molecular complexity index is 374. The van der Waals surface area contributed by atoms with Gasteiger partial charge in [0.1, 0.15) is 0 Å². The summed E-state index contributed by atoms with van der Waals surface area (Å²) in [6, 6.07) is 3.06. The van der Waals surface area contributed by atoms with E-state index in [0.29, 0.717) is 0 Å². The van der Waals surface area contributed by atoms with Crippen LogP contribution in [0.25, 0.3) is 0 Å². The molecule has 1 aromatic heterocycles.